The average Bonchev–Trinajstić information content (AvgIpc) is 2.39. The highest BCUT2D eigenvalue weighted by molar-refractivity contribution is 6.32. The SMILES string of the molecule is CCN(C)C(=O)C(C)NC(=O)c1ccc(O)c(Cl)c1. The van der Waals surface area contributed by atoms with Crippen molar-refractivity contribution in [2.24, 2.45) is 0 Å². The molecule has 0 fully saturated rings. The van der Waals surface area contributed by atoms with Gasteiger partial charge in [-0.25, -0.2) is 0 Å². The Kier molecular flexibility index (Phi) is 5.18. The molecule has 2 amide bonds. The summed E-state index contributed by atoms with van der Waals surface area (Å²) in [6.45, 7) is 4.05. The minimum atomic E-state index is -0.620. The molecule has 1 aromatic carbocycles. The predicted octanol–water partition coefficient (Wildman–Crippen LogP) is 1.64. The molecular weight excluding hydrogens is 268 g/mol. The van der Waals surface area contributed by atoms with Crippen molar-refractivity contribution < 1.29 is 14.7 Å². The van der Waals surface area contributed by atoms with Gasteiger partial charge < -0.3 is 15.3 Å². The number of benzene rings is 1. The summed E-state index contributed by atoms with van der Waals surface area (Å²) in [5, 5.41) is 12.0. The molecule has 19 heavy (non-hydrogen) atoms. The van der Waals surface area contributed by atoms with Crippen LogP contribution < -0.4 is 5.32 Å². The number of hydrogen-bond acceptors (Lipinski definition) is 3. The number of carbonyl (C=O) groups excluding carboxylic acids is 2. The summed E-state index contributed by atoms with van der Waals surface area (Å²) in [6, 6.07) is 3.51. The fourth-order valence-electron chi connectivity index (χ4n) is 1.48. The lowest BCUT2D eigenvalue weighted by molar-refractivity contribution is -0.131. The maximum atomic E-state index is 11.9. The number of nitrogens with zero attached hydrogens (tertiary/aromatic N) is 1. The Bertz CT molecular complexity index is 491. The van der Waals surface area contributed by atoms with Crippen LogP contribution in [-0.4, -0.2) is 41.5 Å². The van der Waals surface area contributed by atoms with Gasteiger partial charge in [0.2, 0.25) is 5.91 Å². The summed E-state index contributed by atoms with van der Waals surface area (Å²) in [5.74, 6) is -0.666. The lowest BCUT2D eigenvalue weighted by atomic mass is 10.2. The molecule has 0 bridgehead atoms. The van der Waals surface area contributed by atoms with E-state index in [1.165, 1.54) is 23.1 Å². The maximum absolute atomic E-state index is 11.9. The molecule has 2 N–H and O–H groups in total. The minimum Gasteiger partial charge on any atom is -0.506 e. The van der Waals surface area contributed by atoms with Gasteiger partial charge in [-0.05, 0) is 32.0 Å². The third-order valence-corrected chi connectivity index (χ3v) is 3.08. The van der Waals surface area contributed by atoms with Crippen LogP contribution in [0.1, 0.15) is 24.2 Å². The normalized spacial score (nSPS) is 11.8. The van der Waals surface area contributed by atoms with E-state index < -0.39 is 11.9 Å². The van der Waals surface area contributed by atoms with E-state index in [4.69, 9.17) is 11.6 Å². The van der Waals surface area contributed by atoms with Crippen molar-refractivity contribution in [2.45, 2.75) is 19.9 Å². The second-order valence-corrected chi connectivity index (χ2v) is 4.62. The first-order valence-corrected chi connectivity index (χ1v) is 6.29. The molecule has 0 aromatic heterocycles. The lowest BCUT2D eigenvalue weighted by Gasteiger charge is -2.20. The van der Waals surface area contributed by atoms with Gasteiger partial charge in [-0.2, -0.15) is 0 Å². The molecule has 0 radical (unpaired) electrons. The summed E-state index contributed by atoms with van der Waals surface area (Å²) in [4.78, 5) is 25.2. The second kappa shape index (κ2) is 6.43. The highest BCUT2D eigenvalue weighted by atomic mass is 35.5. The molecule has 0 aliphatic rings. The molecule has 1 aromatic rings. The van der Waals surface area contributed by atoms with Gasteiger partial charge in [0, 0.05) is 19.2 Å². The van der Waals surface area contributed by atoms with Crippen molar-refractivity contribution in [3.63, 3.8) is 0 Å². The molecule has 6 heteroatoms. The van der Waals surface area contributed by atoms with Crippen LogP contribution >= 0.6 is 11.6 Å². The van der Waals surface area contributed by atoms with Gasteiger partial charge >= 0.3 is 0 Å². The molecule has 5 nitrogen and oxygen atoms in total. The number of aromatic hydroxyl groups is 1. The lowest BCUT2D eigenvalue weighted by Crippen LogP contribution is -2.45. The number of amides is 2. The van der Waals surface area contributed by atoms with Crippen molar-refractivity contribution in [1.82, 2.24) is 10.2 Å². The molecule has 1 rings (SSSR count). The average molecular weight is 285 g/mol. The van der Waals surface area contributed by atoms with E-state index in [0.717, 1.165) is 0 Å². The Morgan fingerprint density at radius 1 is 1.47 bits per heavy atom. The van der Waals surface area contributed by atoms with Crippen LogP contribution in [0.15, 0.2) is 18.2 Å². The van der Waals surface area contributed by atoms with Crippen molar-refractivity contribution in [3.05, 3.63) is 28.8 Å². The molecular formula is C13H17ClN2O3. The zero-order valence-corrected chi connectivity index (χ0v) is 11.9. The number of rotatable bonds is 4. The van der Waals surface area contributed by atoms with E-state index in [0.29, 0.717) is 12.1 Å². The van der Waals surface area contributed by atoms with Crippen LogP contribution in [0.2, 0.25) is 5.02 Å². The third kappa shape index (κ3) is 3.86. The molecule has 0 spiro atoms. The quantitative estimate of drug-likeness (QED) is 0.883. The Morgan fingerprint density at radius 3 is 2.63 bits per heavy atom. The standard InChI is InChI=1S/C13H17ClN2O3/c1-4-16(3)13(19)8(2)15-12(18)9-5-6-11(17)10(14)7-9/h5-8,17H,4H2,1-3H3,(H,15,18). The largest absolute Gasteiger partial charge is 0.506 e. The van der Waals surface area contributed by atoms with Crippen LogP contribution in [0.5, 0.6) is 5.75 Å². The summed E-state index contributed by atoms with van der Waals surface area (Å²) in [7, 11) is 1.67. The van der Waals surface area contributed by atoms with Crippen LogP contribution in [0, 0.1) is 0 Å². The van der Waals surface area contributed by atoms with Crippen LogP contribution in [-0.2, 0) is 4.79 Å². The molecule has 0 aliphatic heterocycles. The first-order chi connectivity index (χ1) is 8.86. The highest BCUT2D eigenvalue weighted by Gasteiger charge is 2.19. The van der Waals surface area contributed by atoms with Crippen molar-refractivity contribution in [2.75, 3.05) is 13.6 Å². The van der Waals surface area contributed by atoms with Gasteiger partial charge in [-0.15, -0.1) is 0 Å². The summed E-state index contributed by atoms with van der Waals surface area (Å²) >= 11 is 5.72. The molecule has 0 aliphatic carbocycles. The Balaban J connectivity index is 2.74. The van der Waals surface area contributed by atoms with Crippen LogP contribution in [0.3, 0.4) is 0 Å². The van der Waals surface area contributed by atoms with E-state index in [9.17, 15) is 14.7 Å². The summed E-state index contributed by atoms with van der Waals surface area (Å²) in [6.07, 6.45) is 0. The first-order valence-electron chi connectivity index (χ1n) is 5.91. The number of halogens is 1. The van der Waals surface area contributed by atoms with E-state index in [2.05, 4.69) is 5.32 Å². The monoisotopic (exact) mass is 284 g/mol. The number of phenols is 1. The van der Waals surface area contributed by atoms with Gasteiger partial charge in [-0.1, -0.05) is 11.6 Å². The smallest absolute Gasteiger partial charge is 0.251 e. The maximum Gasteiger partial charge on any atom is 0.251 e. The van der Waals surface area contributed by atoms with E-state index in [1.54, 1.807) is 14.0 Å². The fraction of sp³-hybridized carbons (Fsp3) is 0.385. The molecule has 1 unspecified atom stereocenters. The minimum absolute atomic E-state index is 0.0898. The van der Waals surface area contributed by atoms with Gasteiger partial charge in [0.1, 0.15) is 11.8 Å². The summed E-state index contributed by atoms with van der Waals surface area (Å²) in [5.41, 5.74) is 0.293. The van der Waals surface area contributed by atoms with Gasteiger partial charge in [0.25, 0.3) is 5.91 Å². The third-order valence-electron chi connectivity index (χ3n) is 2.78. The van der Waals surface area contributed by atoms with E-state index in [1.807, 2.05) is 6.92 Å². The zero-order chi connectivity index (χ0) is 14.6. The number of hydrogen-bond donors (Lipinski definition) is 2. The van der Waals surface area contributed by atoms with Gasteiger partial charge in [0.05, 0.1) is 5.02 Å². The Hall–Kier alpha value is -1.75. The molecule has 0 saturated carbocycles. The Morgan fingerprint density at radius 2 is 2.11 bits per heavy atom. The van der Waals surface area contributed by atoms with Crippen LogP contribution in [0.4, 0.5) is 0 Å². The zero-order valence-electron chi connectivity index (χ0n) is 11.1. The van der Waals surface area contributed by atoms with E-state index >= 15 is 0 Å². The second-order valence-electron chi connectivity index (χ2n) is 4.21. The Labute approximate surface area is 117 Å². The molecule has 1 atom stereocenters. The highest BCUT2D eigenvalue weighted by Crippen LogP contribution is 2.23. The van der Waals surface area contributed by atoms with E-state index in [-0.39, 0.29) is 16.7 Å². The number of likely N-dealkylation sites (N-methyl/N-ethyl adjacent to an activating group) is 1. The molecule has 0 saturated heterocycles. The number of phenolic OH excluding ortho intramolecular Hbond substituents is 1. The fourth-order valence-corrected chi connectivity index (χ4v) is 1.66. The van der Waals surface area contributed by atoms with Crippen molar-refractivity contribution in [3.8, 4) is 5.75 Å². The molecule has 0 heterocycles. The topological polar surface area (TPSA) is 69.6 Å². The van der Waals surface area contributed by atoms with Gasteiger partial charge in [-0.3, -0.25) is 9.59 Å². The number of carbonyl (C=O) groups is 2. The van der Waals surface area contributed by atoms with Crippen LogP contribution in [0.25, 0.3) is 0 Å². The number of nitrogens with one attached hydrogen (secondary N) is 1. The summed E-state index contributed by atoms with van der Waals surface area (Å²) < 4.78 is 0. The molecule has 104 valence electrons. The van der Waals surface area contributed by atoms with Crippen molar-refractivity contribution in [1.29, 1.82) is 0 Å². The van der Waals surface area contributed by atoms with Crippen molar-refractivity contribution >= 4 is 23.4 Å². The van der Waals surface area contributed by atoms with Gasteiger partial charge in [0.15, 0.2) is 0 Å². The first kappa shape index (κ1) is 15.3. The predicted molar refractivity (Wildman–Crippen MR) is 73.4 cm³/mol.